The summed E-state index contributed by atoms with van der Waals surface area (Å²) in [6, 6.07) is 14.7. The molecule has 0 bridgehead atoms. The number of carbonyl (C=O) groups is 1. The summed E-state index contributed by atoms with van der Waals surface area (Å²) in [5.74, 6) is 0.200. The fourth-order valence-corrected chi connectivity index (χ4v) is 3.71. The number of carbonyl (C=O) groups excluding carboxylic acids is 1. The normalized spacial score (nSPS) is 12.0. The zero-order valence-electron chi connectivity index (χ0n) is 14.0. The minimum absolute atomic E-state index is 0.344. The molecule has 1 atom stereocenters. The van der Waals surface area contributed by atoms with Gasteiger partial charge in [-0.2, -0.15) is 0 Å². The van der Waals surface area contributed by atoms with Crippen molar-refractivity contribution >= 4 is 40.9 Å². The van der Waals surface area contributed by atoms with E-state index in [4.69, 9.17) is 27.9 Å². The first kappa shape index (κ1) is 18.8. The van der Waals surface area contributed by atoms with Crippen molar-refractivity contribution in [2.45, 2.75) is 17.3 Å². The molecule has 1 aromatic heterocycles. The third-order valence-electron chi connectivity index (χ3n) is 3.66. The molecule has 1 heterocycles. The number of halogens is 2. The highest BCUT2D eigenvalue weighted by Crippen LogP contribution is 2.35. The largest absolute Gasteiger partial charge is 0.468 e. The molecule has 0 radical (unpaired) electrons. The summed E-state index contributed by atoms with van der Waals surface area (Å²) in [5.41, 5.74) is 1.42. The van der Waals surface area contributed by atoms with Crippen LogP contribution in [0.3, 0.4) is 0 Å². The fourth-order valence-electron chi connectivity index (χ4n) is 2.39. The van der Waals surface area contributed by atoms with E-state index in [2.05, 4.69) is 10.2 Å². The lowest BCUT2D eigenvalue weighted by molar-refractivity contribution is -0.139. The van der Waals surface area contributed by atoms with E-state index in [-0.39, 0.29) is 5.97 Å². The molecule has 0 aliphatic carbocycles. The lowest BCUT2D eigenvalue weighted by atomic mass is 10.2. The quantitative estimate of drug-likeness (QED) is 0.444. The predicted octanol–water partition coefficient (Wildman–Crippen LogP) is 4.89. The highest BCUT2D eigenvalue weighted by Gasteiger charge is 2.23. The van der Waals surface area contributed by atoms with Crippen LogP contribution in [-0.4, -0.2) is 33.1 Å². The number of esters is 1. The average Bonchev–Trinajstić information content (AvgIpc) is 3.04. The fraction of sp³-hybridized carbons (Fsp3) is 0.167. The second-order valence-electron chi connectivity index (χ2n) is 5.36. The molecule has 26 heavy (non-hydrogen) atoms. The van der Waals surface area contributed by atoms with Gasteiger partial charge in [0.15, 0.2) is 11.0 Å². The first-order valence-electron chi connectivity index (χ1n) is 7.72. The van der Waals surface area contributed by atoms with Gasteiger partial charge in [-0.1, -0.05) is 59.2 Å². The molecule has 0 aliphatic rings. The number of nitrogens with zero attached hydrogens (tertiary/aromatic N) is 3. The molecule has 0 saturated carbocycles. The van der Waals surface area contributed by atoms with Gasteiger partial charge in [0, 0.05) is 5.56 Å². The highest BCUT2D eigenvalue weighted by atomic mass is 35.5. The van der Waals surface area contributed by atoms with Crippen LogP contribution in [0.1, 0.15) is 6.92 Å². The van der Waals surface area contributed by atoms with Crippen molar-refractivity contribution in [1.29, 1.82) is 0 Å². The molecule has 0 N–H and O–H groups in total. The highest BCUT2D eigenvalue weighted by molar-refractivity contribution is 8.00. The Labute approximate surface area is 165 Å². The lowest BCUT2D eigenvalue weighted by Gasteiger charge is -2.14. The summed E-state index contributed by atoms with van der Waals surface area (Å²) >= 11 is 14.0. The van der Waals surface area contributed by atoms with Gasteiger partial charge in [-0.05, 0) is 31.2 Å². The molecule has 0 saturated heterocycles. The van der Waals surface area contributed by atoms with Gasteiger partial charge in [0.1, 0.15) is 5.25 Å². The van der Waals surface area contributed by atoms with Gasteiger partial charge in [0.25, 0.3) is 0 Å². The van der Waals surface area contributed by atoms with Crippen molar-refractivity contribution in [2.75, 3.05) is 7.11 Å². The van der Waals surface area contributed by atoms with Crippen molar-refractivity contribution in [1.82, 2.24) is 14.8 Å². The monoisotopic (exact) mass is 407 g/mol. The summed E-state index contributed by atoms with van der Waals surface area (Å²) in [4.78, 5) is 11.8. The van der Waals surface area contributed by atoms with Gasteiger partial charge >= 0.3 is 5.97 Å². The number of methoxy groups -OCH3 is 1. The maximum Gasteiger partial charge on any atom is 0.318 e. The molecule has 0 amide bonds. The van der Waals surface area contributed by atoms with Crippen LogP contribution in [0.15, 0.2) is 53.7 Å². The number of hydrogen-bond donors (Lipinski definition) is 0. The molecular weight excluding hydrogens is 393 g/mol. The predicted molar refractivity (Wildman–Crippen MR) is 104 cm³/mol. The van der Waals surface area contributed by atoms with Crippen molar-refractivity contribution in [2.24, 2.45) is 0 Å². The van der Waals surface area contributed by atoms with Crippen LogP contribution in [-0.2, 0) is 9.53 Å². The number of aromatic nitrogens is 3. The molecule has 0 aliphatic heterocycles. The topological polar surface area (TPSA) is 57.0 Å². The Morgan fingerprint density at radius 3 is 2.38 bits per heavy atom. The second-order valence-corrected chi connectivity index (χ2v) is 7.48. The Morgan fingerprint density at radius 2 is 1.73 bits per heavy atom. The smallest absolute Gasteiger partial charge is 0.318 e. The van der Waals surface area contributed by atoms with Crippen molar-refractivity contribution in [3.05, 3.63) is 58.6 Å². The SMILES string of the molecule is COC(=O)[C@@H](C)Sc1nnc(-c2ccccc2Cl)n1-c1ccccc1Cl. The number of rotatable bonds is 5. The van der Waals surface area contributed by atoms with Crippen LogP contribution >= 0.6 is 35.0 Å². The first-order chi connectivity index (χ1) is 12.5. The first-order valence-corrected chi connectivity index (χ1v) is 9.36. The molecule has 0 unspecified atom stereocenters. The summed E-state index contributed by atoms with van der Waals surface area (Å²) in [6.07, 6.45) is 0. The minimum Gasteiger partial charge on any atom is -0.468 e. The van der Waals surface area contributed by atoms with E-state index in [1.165, 1.54) is 18.9 Å². The maximum atomic E-state index is 11.8. The van der Waals surface area contributed by atoms with Gasteiger partial charge in [0.2, 0.25) is 0 Å². The van der Waals surface area contributed by atoms with Gasteiger partial charge in [-0.25, -0.2) is 0 Å². The molecule has 8 heteroatoms. The Bertz CT molecular complexity index is 946. The number of benzene rings is 2. The second kappa shape index (κ2) is 8.12. The van der Waals surface area contributed by atoms with Crippen LogP contribution in [0, 0.1) is 0 Å². The zero-order valence-corrected chi connectivity index (χ0v) is 16.3. The summed E-state index contributed by atoms with van der Waals surface area (Å²) in [5, 5.41) is 9.71. The van der Waals surface area contributed by atoms with E-state index in [1.807, 2.05) is 36.4 Å². The summed E-state index contributed by atoms with van der Waals surface area (Å²) in [6.45, 7) is 1.75. The van der Waals surface area contributed by atoms with E-state index < -0.39 is 5.25 Å². The molecule has 3 rings (SSSR count). The maximum absolute atomic E-state index is 11.8. The van der Waals surface area contributed by atoms with Gasteiger partial charge < -0.3 is 4.74 Å². The standard InChI is InChI=1S/C18H15Cl2N3O2S/c1-11(17(24)25-2)26-18-22-21-16(12-7-3-4-8-13(12)19)23(18)15-10-6-5-9-14(15)20/h3-11H,1-2H3/t11-/m1/s1. The number of thioether (sulfide) groups is 1. The Hall–Kier alpha value is -2.02. The van der Waals surface area contributed by atoms with Crippen LogP contribution < -0.4 is 0 Å². The van der Waals surface area contributed by atoms with Crippen LogP contribution in [0.5, 0.6) is 0 Å². The molecular formula is C18H15Cl2N3O2S. The van der Waals surface area contributed by atoms with Crippen LogP contribution in [0.4, 0.5) is 0 Å². The number of para-hydroxylation sites is 1. The van der Waals surface area contributed by atoms with E-state index in [1.54, 1.807) is 23.6 Å². The summed E-state index contributed by atoms with van der Waals surface area (Å²) in [7, 11) is 1.35. The Balaban J connectivity index is 2.17. The number of hydrogen-bond acceptors (Lipinski definition) is 5. The Morgan fingerprint density at radius 1 is 1.08 bits per heavy atom. The third-order valence-corrected chi connectivity index (χ3v) is 5.33. The molecule has 0 spiro atoms. The van der Waals surface area contributed by atoms with Crippen molar-refractivity contribution in [3.8, 4) is 17.1 Å². The average molecular weight is 408 g/mol. The van der Waals surface area contributed by atoms with E-state index in [0.717, 1.165) is 5.56 Å². The van der Waals surface area contributed by atoms with E-state index >= 15 is 0 Å². The van der Waals surface area contributed by atoms with Crippen LogP contribution in [0.2, 0.25) is 10.0 Å². The molecule has 2 aromatic carbocycles. The molecule has 5 nitrogen and oxygen atoms in total. The Kier molecular flexibility index (Phi) is 5.86. The summed E-state index contributed by atoms with van der Waals surface area (Å²) < 4.78 is 6.60. The van der Waals surface area contributed by atoms with Gasteiger partial charge in [0.05, 0.1) is 22.8 Å². The third kappa shape index (κ3) is 3.72. The van der Waals surface area contributed by atoms with Crippen LogP contribution in [0.25, 0.3) is 17.1 Å². The molecule has 3 aromatic rings. The van der Waals surface area contributed by atoms with Crippen molar-refractivity contribution in [3.63, 3.8) is 0 Å². The van der Waals surface area contributed by atoms with E-state index in [0.29, 0.717) is 26.7 Å². The lowest BCUT2D eigenvalue weighted by Crippen LogP contribution is -2.15. The minimum atomic E-state index is -0.454. The van der Waals surface area contributed by atoms with Gasteiger partial charge in [-0.15, -0.1) is 10.2 Å². The zero-order chi connectivity index (χ0) is 18.7. The van der Waals surface area contributed by atoms with Gasteiger partial charge in [-0.3, -0.25) is 9.36 Å². The molecule has 134 valence electrons. The van der Waals surface area contributed by atoms with E-state index in [9.17, 15) is 4.79 Å². The molecule has 0 fully saturated rings. The number of ether oxygens (including phenoxy) is 1. The van der Waals surface area contributed by atoms with Crippen molar-refractivity contribution < 1.29 is 9.53 Å².